The Bertz CT molecular complexity index is 1380. The van der Waals surface area contributed by atoms with Gasteiger partial charge in [-0.05, 0) is 41.5 Å². The predicted octanol–water partition coefficient (Wildman–Crippen LogP) is 6.59. The summed E-state index contributed by atoms with van der Waals surface area (Å²) in [7, 11) is 0. The van der Waals surface area contributed by atoms with Crippen LogP contribution in [0.2, 0.25) is 0 Å². The molecule has 0 radical (unpaired) electrons. The Morgan fingerprint density at radius 1 is 0.867 bits per heavy atom. The van der Waals surface area contributed by atoms with Crippen LogP contribution in [0.4, 0.5) is 0 Å². The van der Waals surface area contributed by atoms with Crippen LogP contribution in [0.5, 0.6) is 0 Å². The zero-order chi connectivity index (χ0) is 21.0. The lowest BCUT2D eigenvalue weighted by molar-refractivity contribution is 0.590. The first-order valence-electron chi connectivity index (χ1n) is 10.1. The zero-order valence-corrected chi connectivity index (χ0v) is 18.7. The zero-order valence-electron chi connectivity index (χ0n) is 17.9. The number of fused-ring (bicyclic) bond motifs is 3. The molecule has 0 saturated carbocycles. The second-order valence-corrected chi connectivity index (χ2v) is 9.78. The largest absolute Gasteiger partial charge is 0.265 e. The minimum absolute atomic E-state index is 0.122. The Hall–Kier alpha value is -3.05. The molecular weight excluding hydrogens is 388 g/mol. The van der Waals surface area contributed by atoms with E-state index in [1.807, 2.05) is 10.7 Å². The van der Waals surface area contributed by atoms with Crippen molar-refractivity contribution in [3.63, 3.8) is 0 Å². The van der Waals surface area contributed by atoms with Crippen molar-refractivity contribution >= 4 is 27.2 Å². The fourth-order valence-corrected chi connectivity index (χ4v) is 4.69. The molecule has 0 spiro atoms. The molecule has 3 aromatic heterocycles. The molecule has 3 heterocycles. The molecular formula is C25H24N4S. The Balaban J connectivity index is 1.68. The Morgan fingerprint density at radius 3 is 2.30 bits per heavy atom. The van der Waals surface area contributed by atoms with Crippen LogP contribution < -0.4 is 0 Å². The van der Waals surface area contributed by atoms with Crippen molar-refractivity contribution in [1.82, 2.24) is 19.6 Å². The number of nitrogens with zero attached hydrogens (tertiary/aromatic N) is 4. The van der Waals surface area contributed by atoms with Gasteiger partial charge in [-0.1, -0.05) is 63.2 Å². The van der Waals surface area contributed by atoms with Gasteiger partial charge in [0.05, 0.1) is 5.39 Å². The summed E-state index contributed by atoms with van der Waals surface area (Å²) < 4.78 is 2.01. The van der Waals surface area contributed by atoms with Crippen molar-refractivity contribution in [1.29, 1.82) is 0 Å². The molecule has 30 heavy (non-hydrogen) atoms. The van der Waals surface area contributed by atoms with Gasteiger partial charge in [0.25, 0.3) is 0 Å². The van der Waals surface area contributed by atoms with Crippen LogP contribution >= 0.6 is 11.3 Å². The van der Waals surface area contributed by atoms with Crippen molar-refractivity contribution in [2.45, 2.75) is 40.0 Å². The van der Waals surface area contributed by atoms with Crippen molar-refractivity contribution in [3.05, 3.63) is 70.9 Å². The number of hydrogen-bond donors (Lipinski definition) is 0. The molecule has 0 N–H and O–H groups in total. The second kappa shape index (κ2) is 6.74. The fraction of sp³-hybridized carbons (Fsp3) is 0.240. The number of hydrogen-bond acceptors (Lipinski definition) is 4. The van der Waals surface area contributed by atoms with Gasteiger partial charge >= 0.3 is 0 Å². The topological polar surface area (TPSA) is 43.1 Å². The normalized spacial score (nSPS) is 12.2. The van der Waals surface area contributed by atoms with Gasteiger partial charge in [-0.3, -0.25) is 4.40 Å². The van der Waals surface area contributed by atoms with Crippen LogP contribution in [0, 0.1) is 13.8 Å². The molecule has 5 rings (SSSR count). The van der Waals surface area contributed by atoms with Gasteiger partial charge in [-0.15, -0.1) is 21.5 Å². The van der Waals surface area contributed by atoms with Crippen LogP contribution in [0.1, 0.15) is 37.5 Å². The highest BCUT2D eigenvalue weighted by molar-refractivity contribution is 7.17. The number of aryl methyl sites for hydroxylation is 2. The summed E-state index contributed by atoms with van der Waals surface area (Å²) in [6.45, 7) is 11.0. The minimum atomic E-state index is 0.122. The van der Waals surface area contributed by atoms with E-state index >= 15 is 0 Å². The lowest BCUT2D eigenvalue weighted by Crippen LogP contribution is -2.10. The highest BCUT2D eigenvalue weighted by atomic mass is 32.1. The number of aromatic nitrogens is 4. The van der Waals surface area contributed by atoms with Crippen LogP contribution in [0.15, 0.2) is 54.2 Å². The van der Waals surface area contributed by atoms with Gasteiger partial charge in [-0.2, -0.15) is 0 Å². The molecule has 0 aliphatic rings. The molecule has 0 unspecified atom stereocenters. The first-order chi connectivity index (χ1) is 14.3. The maximum atomic E-state index is 4.71. The van der Waals surface area contributed by atoms with Gasteiger partial charge in [-0.25, -0.2) is 4.98 Å². The Kier molecular flexibility index (Phi) is 4.26. The smallest absolute Gasteiger partial charge is 0.173 e. The summed E-state index contributed by atoms with van der Waals surface area (Å²) in [5.41, 5.74) is 8.26. The lowest BCUT2D eigenvalue weighted by Gasteiger charge is -2.18. The third-order valence-electron chi connectivity index (χ3n) is 5.81. The number of thiophene rings is 1. The molecule has 0 fully saturated rings. The molecule has 0 aliphatic carbocycles. The predicted molar refractivity (Wildman–Crippen MR) is 125 cm³/mol. The van der Waals surface area contributed by atoms with E-state index in [1.54, 1.807) is 11.3 Å². The van der Waals surface area contributed by atoms with Crippen molar-refractivity contribution < 1.29 is 0 Å². The van der Waals surface area contributed by atoms with Gasteiger partial charge in [0.15, 0.2) is 11.5 Å². The first-order valence-corrected chi connectivity index (χ1v) is 11.0. The van der Waals surface area contributed by atoms with Crippen LogP contribution in [0.3, 0.4) is 0 Å². The second-order valence-electron chi connectivity index (χ2n) is 8.92. The highest BCUT2D eigenvalue weighted by Crippen LogP contribution is 2.36. The van der Waals surface area contributed by atoms with E-state index in [0.717, 1.165) is 27.3 Å². The quantitative estimate of drug-likeness (QED) is 0.328. The van der Waals surface area contributed by atoms with E-state index in [-0.39, 0.29) is 5.41 Å². The third kappa shape index (κ3) is 3.01. The fourth-order valence-electron chi connectivity index (χ4n) is 3.78. The van der Waals surface area contributed by atoms with Crippen molar-refractivity contribution in [2.75, 3.05) is 0 Å². The first kappa shape index (κ1) is 18.9. The maximum absolute atomic E-state index is 4.71. The molecule has 0 atom stereocenters. The number of benzene rings is 2. The molecule has 0 saturated heterocycles. The summed E-state index contributed by atoms with van der Waals surface area (Å²) in [5, 5.41) is 12.3. The third-order valence-corrected chi connectivity index (χ3v) is 6.69. The summed E-state index contributed by atoms with van der Waals surface area (Å²) >= 11 is 1.65. The molecule has 0 aliphatic heterocycles. The molecule has 5 aromatic rings. The van der Waals surface area contributed by atoms with E-state index < -0.39 is 0 Å². The van der Waals surface area contributed by atoms with E-state index in [9.17, 15) is 0 Å². The van der Waals surface area contributed by atoms with Crippen LogP contribution in [-0.4, -0.2) is 19.6 Å². The summed E-state index contributed by atoms with van der Waals surface area (Å²) in [6.07, 6.45) is 1.84. The van der Waals surface area contributed by atoms with Crippen LogP contribution in [-0.2, 0) is 5.41 Å². The van der Waals surface area contributed by atoms with Gasteiger partial charge < -0.3 is 0 Å². The van der Waals surface area contributed by atoms with Crippen LogP contribution in [0.25, 0.3) is 38.4 Å². The Morgan fingerprint density at radius 2 is 1.60 bits per heavy atom. The van der Waals surface area contributed by atoms with Gasteiger partial charge in [0, 0.05) is 16.5 Å². The Labute approximate surface area is 180 Å². The standard InChI is InChI=1S/C25H24N4S/c1-15-6-7-18(12-16(15)2)20-13-30-24-21(20)23-28-27-22(29(23)14-26-24)17-8-10-19(11-9-17)25(3,4)5/h6-14H,1-5H3. The molecule has 5 heteroatoms. The lowest BCUT2D eigenvalue weighted by atomic mass is 9.87. The average Bonchev–Trinajstić information content (AvgIpc) is 3.33. The van der Waals surface area contributed by atoms with Gasteiger partial charge in [0.2, 0.25) is 0 Å². The average molecular weight is 413 g/mol. The molecule has 150 valence electrons. The summed E-state index contributed by atoms with van der Waals surface area (Å²) in [5.74, 6) is 0.817. The molecule has 4 nitrogen and oxygen atoms in total. The summed E-state index contributed by atoms with van der Waals surface area (Å²) in [4.78, 5) is 5.70. The minimum Gasteiger partial charge on any atom is -0.265 e. The van der Waals surface area contributed by atoms with E-state index in [0.29, 0.717) is 0 Å². The van der Waals surface area contributed by atoms with E-state index in [4.69, 9.17) is 4.98 Å². The highest BCUT2D eigenvalue weighted by Gasteiger charge is 2.18. The molecule has 2 aromatic carbocycles. The van der Waals surface area contributed by atoms with Gasteiger partial charge in [0.1, 0.15) is 11.2 Å². The summed E-state index contributed by atoms with van der Waals surface area (Å²) in [6, 6.07) is 15.2. The molecule has 0 bridgehead atoms. The van der Waals surface area contributed by atoms with E-state index in [2.05, 4.69) is 92.7 Å². The number of rotatable bonds is 2. The molecule has 0 amide bonds. The van der Waals surface area contributed by atoms with Crippen molar-refractivity contribution in [3.8, 4) is 22.5 Å². The maximum Gasteiger partial charge on any atom is 0.173 e. The monoisotopic (exact) mass is 412 g/mol. The van der Waals surface area contributed by atoms with E-state index in [1.165, 1.54) is 27.8 Å². The van der Waals surface area contributed by atoms with Crippen molar-refractivity contribution in [2.24, 2.45) is 0 Å². The SMILES string of the molecule is Cc1ccc(-c2csc3ncn4c(-c5ccc(C(C)(C)C)cc5)nnc4c23)cc1C.